The van der Waals surface area contributed by atoms with Crippen LogP contribution in [0.4, 0.5) is 11.4 Å². The molecule has 24 heavy (non-hydrogen) atoms. The summed E-state index contributed by atoms with van der Waals surface area (Å²) in [6.07, 6.45) is 0. The predicted octanol–water partition coefficient (Wildman–Crippen LogP) is 4.33. The summed E-state index contributed by atoms with van der Waals surface area (Å²) in [5.74, 6) is -0.205. The molecule has 3 aromatic rings. The zero-order valence-electron chi connectivity index (χ0n) is 13.4. The number of carbonyl (C=O) groups excluding carboxylic acids is 1. The first kappa shape index (κ1) is 15.7. The van der Waals surface area contributed by atoms with E-state index in [-0.39, 0.29) is 11.6 Å². The molecule has 1 amide bonds. The molecule has 0 atom stereocenters. The first-order valence-electron chi connectivity index (χ1n) is 7.49. The Morgan fingerprint density at radius 1 is 1.00 bits per heavy atom. The van der Waals surface area contributed by atoms with E-state index in [1.165, 1.54) is 12.1 Å². The van der Waals surface area contributed by atoms with Gasteiger partial charge in [-0.15, -0.1) is 0 Å². The molecule has 0 heterocycles. The number of hydrogen-bond donors (Lipinski definition) is 0. The highest BCUT2D eigenvalue weighted by Crippen LogP contribution is 2.24. The summed E-state index contributed by atoms with van der Waals surface area (Å²) in [6, 6.07) is 18.2. The Morgan fingerprint density at radius 2 is 1.71 bits per heavy atom. The van der Waals surface area contributed by atoms with Crippen molar-refractivity contribution in [3.8, 4) is 0 Å². The lowest BCUT2D eigenvalue weighted by molar-refractivity contribution is -0.385. The second-order valence-corrected chi connectivity index (χ2v) is 5.65. The van der Waals surface area contributed by atoms with Crippen LogP contribution < -0.4 is 4.90 Å². The number of aryl methyl sites for hydroxylation is 1. The van der Waals surface area contributed by atoms with Gasteiger partial charge in [-0.2, -0.15) is 0 Å². The Hall–Kier alpha value is -3.21. The predicted molar refractivity (Wildman–Crippen MR) is 94.5 cm³/mol. The van der Waals surface area contributed by atoms with Crippen LogP contribution >= 0.6 is 0 Å². The van der Waals surface area contributed by atoms with E-state index in [1.54, 1.807) is 24.9 Å². The van der Waals surface area contributed by atoms with Gasteiger partial charge in [0.2, 0.25) is 0 Å². The summed E-state index contributed by atoms with van der Waals surface area (Å²) in [6.45, 7) is 1.63. The summed E-state index contributed by atoms with van der Waals surface area (Å²) < 4.78 is 0. The zero-order valence-corrected chi connectivity index (χ0v) is 13.4. The van der Waals surface area contributed by atoms with Crippen LogP contribution in [-0.2, 0) is 0 Å². The summed E-state index contributed by atoms with van der Waals surface area (Å²) in [4.78, 5) is 24.7. The van der Waals surface area contributed by atoms with E-state index < -0.39 is 4.92 Å². The molecular weight excluding hydrogens is 304 g/mol. The van der Waals surface area contributed by atoms with Gasteiger partial charge in [0.1, 0.15) is 0 Å². The van der Waals surface area contributed by atoms with Gasteiger partial charge in [0.15, 0.2) is 0 Å². The largest absolute Gasteiger partial charge is 0.311 e. The maximum absolute atomic E-state index is 12.7. The molecule has 0 bridgehead atoms. The first-order chi connectivity index (χ1) is 11.5. The average molecular weight is 320 g/mol. The van der Waals surface area contributed by atoms with Gasteiger partial charge in [0, 0.05) is 29.9 Å². The lowest BCUT2D eigenvalue weighted by atomic mass is 10.1. The van der Waals surface area contributed by atoms with Crippen molar-refractivity contribution in [1.29, 1.82) is 0 Å². The van der Waals surface area contributed by atoms with Gasteiger partial charge < -0.3 is 4.90 Å². The van der Waals surface area contributed by atoms with E-state index in [4.69, 9.17) is 0 Å². The summed E-state index contributed by atoms with van der Waals surface area (Å²) in [5.41, 5.74) is 1.68. The van der Waals surface area contributed by atoms with E-state index >= 15 is 0 Å². The standard InChI is InChI=1S/C19H16N2O3/c1-13-11-16(8-10-18(13)21(23)24)19(22)20(2)17-9-7-14-5-3-4-6-15(14)12-17/h3-12H,1-2H3. The van der Waals surface area contributed by atoms with Crippen LogP contribution in [0.2, 0.25) is 0 Å². The quantitative estimate of drug-likeness (QED) is 0.533. The van der Waals surface area contributed by atoms with Crippen LogP contribution in [0.1, 0.15) is 15.9 Å². The Balaban J connectivity index is 1.93. The van der Waals surface area contributed by atoms with Gasteiger partial charge in [0.25, 0.3) is 11.6 Å². The van der Waals surface area contributed by atoms with Crippen molar-refractivity contribution < 1.29 is 9.72 Å². The van der Waals surface area contributed by atoms with Crippen LogP contribution in [0.5, 0.6) is 0 Å². The topological polar surface area (TPSA) is 63.5 Å². The number of nitro groups is 1. The number of nitrogens with zero attached hydrogens (tertiary/aromatic N) is 2. The fourth-order valence-corrected chi connectivity index (χ4v) is 2.69. The minimum absolute atomic E-state index is 0.0138. The van der Waals surface area contributed by atoms with Crippen LogP contribution in [0.15, 0.2) is 60.7 Å². The minimum Gasteiger partial charge on any atom is -0.311 e. The fraction of sp³-hybridized carbons (Fsp3) is 0.105. The molecule has 3 rings (SSSR count). The SMILES string of the molecule is Cc1cc(C(=O)N(C)c2ccc3ccccc3c2)ccc1[N+](=O)[O-]. The number of anilines is 1. The first-order valence-corrected chi connectivity index (χ1v) is 7.49. The minimum atomic E-state index is -0.448. The molecule has 0 unspecified atom stereocenters. The molecule has 0 N–H and O–H groups in total. The van der Waals surface area contributed by atoms with Gasteiger partial charge in [-0.25, -0.2) is 0 Å². The number of nitro benzene ring substituents is 1. The number of hydrogen-bond acceptors (Lipinski definition) is 3. The molecule has 0 aliphatic heterocycles. The van der Waals surface area contributed by atoms with Crippen molar-refractivity contribution in [1.82, 2.24) is 0 Å². The molecule has 120 valence electrons. The Labute approximate surface area is 139 Å². The highest BCUT2D eigenvalue weighted by molar-refractivity contribution is 6.06. The smallest absolute Gasteiger partial charge is 0.272 e. The summed E-state index contributed by atoms with van der Waals surface area (Å²) in [7, 11) is 1.70. The number of benzene rings is 3. The van der Waals surface area contributed by atoms with Crippen LogP contribution in [-0.4, -0.2) is 17.9 Å². The molecule has 0 saturated heterocycles. The van der Waals surface area contributed by atoms with E-state index in [0.29, 0.717) is 11.1 Å². The Kier molecular flexibility index (Phi) is 4.00. The second-order valence-electron chi connectivity index (χ2n) is 5.65. The fourth-order valence-electron chi connectivity index (χ4n) is 2.69. The highest BCUT2D eigenvalue weighted by atomic mass is 16.6. The number of carbonyl (C=O) groups is 1. The summed E-state index contributed by atoms with van der Waals surface area (Å²) in [5, 5.41) is 13.0. The lowest BCUT2D eigenvalue weighted by Gasteiger charge is -2.18. The normalized spacial score (nSPS) is 10.6. The average Bonchev–Trinajstić information content (AvgIpc) is 2.59. The lowest BCUT2D eigenvalue weighted by Crippen LogP contribution is -2.26. The Bertz CT molecular complexity index is 950. The molecular formula is C19H16N2O3. The van der Waals surface area contributed by atoms with Crippen molar-refractivity contribution in [2.45, 2.75) is 6.92 Å². The van der Waals surface area contributed by atoms with Crippen molar-refractivity contribution in [3.05, 3.63) is 81.9 Å². The van der Waals surface area contributed by atoms with Gasteiger partial charge in [-0.3, -0.25) is 14.9 Å². The van der Waals surface area contributed by atoms with Gasteiger partial charge >= 0.3 is 0 Å². The van der Waals surface area contributed by atoms with Crippen molar-refractivity contribution in [3.63, 3.8) is 0 Å². The maximum atomic E-state index is 12.7. The summed E-state index contributed by atoms with van der Waals surface area (Å²) >= 11 is 0. The third-order valence-corrected chi connectivity index (χ3v) is 4.07. The molecule has 0 aliphatic rings. The van der Waals surface area contributed by atoms with Gasteiger partial charge in [0.05, 0.1) is 4.92 Å². The van der Waals surface area contributed by atoms with Crippen molar-refractivity contribution in [2.75, 3.05) is 11.9 Å². The molecule has 0 fully saturated rings. The van der Waals surface area contributed by atoms with Gasteiger partial charge in [-0.1, -0.05) is 30.3 Å². The molecule has 0 saturated carbocycles. The maximum Gasteiger partial charge on any atom is 0.272 e. The van der Waals surface area contributed by atoms with E-state index in [0.717, 1.165) is 16.5 Å². The van der Waals surface area contributed by atoms with Crippen LogP contribution in [0.25, 0.3) is 10.8 Å². The number of amides is 1. The monoisotopic (exact) mass is 320 g/mol. The molecule has 5 nitrogen and oxygen atoms in total. The van der Waals surface area contributed by atoms with Crippen LogP contribution in [0, 0.1) is 17.0 Å². The second kappa shape index (κ2) is 6.12. The molecule has 3 aromatic carbocycles. The molecule has 0 aromatic heterocycles. The third-order valence-electron chi connectivity index (χ3n) is 4.07. The van der Waals surface area contributed by atoms with E-state index in [2.05, 4.69) is 0 Å². The van der Waals surface area contributed by atoms with E-state index in [9.17, 15) is 14.9 Å². The molecule has 0 aliphatic carbocycles. The Morgan fingerprint density at radius 3 is 2.38 bits per heavy atom. The zero-order chi connectivity index (χ0) is 17.3. The molecule has 5 heteroatoms. The molecule has 0 radical (unpaired) electrons. The van der Waals surface area contributed by atoms with Crippen LogP contribution in [0.3, 0.4) is 0 Å². The van der Waals surface area contributed by atoms with Gasteiger partial charge in [-0.05, 0) is 42.0 Å². The third kappa shape index (κ3) is 2.84. The number of fused-ring (bicyclic) bond motifs is 1. The molecule has 0 spiro atoms. The number of rotatable bonds is 3. The van der Waals surface area contributed by atoms with E-state index in [1.807, 2.05) is 42.5 Å². The highest BCUT2D eigenvalue weighted by Gasteiger charge is 2.17. The van der Waals surface area contributed by atoms with Crippen molar-refractivity contribution >= 4 is 28.1 Å². The van der Waals surface area contributed by atoms with Crippen molar-refractivity contribution in [2.24, 2.45) is 0 Å².